The number of anilines is 3. The molecule has 3 heterocycles. The highest BCUT2D eigenvalue weighted by molar-refractivity contribution is 6.36. The molecule has 0 bridgehead atoms. The molecule has 0 atom stereocenters. The van der Waals surface area contributed by atoms with Crippen LogP contribution in [0.1, 0.15) is 80.9 Å². The second-order valence-corrected chi connectivity index (χ2v) is 20.0. The van der Waals surface area contributed by atoms with E-state index >= 15 is 0 Å². The average Bonchev–Trinajstić information content (AvgIpc) is 3.80. The minimum Gasteiger partial charge on any atom is -0.493 e. The third kappa shape index (κ3) is 15.5. The maximum absolute atomic E-state index is 6.24. The molecule has 9 rings (SSSR count). The molecule has 3 aromatic heterocycles. The molecule has 16 heteroatoms. The minimum absolute atomic E-state index is 0.276. The van der Waals surface area contributed by atoms with Crippen molar-refractivity contribution < 1.29 is 28.4 Å². The predicted octanol–water partition coefficient (Wildman–Crippen LogP) is 14.2. The monoisotopic (exact) mass is 1060 g/mol. The molecular weight excluding hydrogens is 994 g/mol. The van der Waals surface area contributed by atoms with Crippen LogP contribution in [-0.4, -0.2) is 76.2 Å². The highest BCUT2D eigenvalue weighted by atomic mass is 35.5. The second-order valence-electron chi connectivity index (χ2n) is 18.4. The van der Waals surface area contributed by atoms with Crippen LogP contribution in [0.25, 0.3) is 0 Å². The molecule has 72 heavy (non-hydrogen) atoms. The molecule has 12 nitrogen and oxygen atoms in total. The van der Waals surface area contributed by atoms with Gasteiger partial charge in [0.15, 0.2) is 34.5 Å². The van der Waals surface area contributed by atoms with Crippen molar-refractivity contribution in [3.05, 3.63) is 141 Å². The van der Waals surface area contributed by atoms with Crippen LogP contribution in [-0.2, 0) is 19.6 Å². The summed E-state index contributed by atoms with van der Waals surface area (Å²) in [4.78, 5) is 18.5. The molecule has 384 valence electrons. The Morgan fingerprint density at radius 3 is 1.26 bits per heavy atom. The van der Waals surface area contributed by atoms with Crippen molar-refractivity contribution in [1.82, 2.24) is 15.0 Å². The molecule has 0 amide bonds. The Labute approximate surface area is 445 Å². The van der Waals surface area contributed by atoms with Gasteiger partial charge in [0.2, 0.25) is 0 Å². The summed E-state index contributed by atoms with van der Waals surface area (Å²) in [5.74, 6) is 5.37. The van der Waals surface area contributed by atoms with E-state index in [4.69, 9.17) is 74.8 Å². The van der Waals surface area contributed by atoms with Crippen molar-refractivity contribution >= 4 is 63.5 Å². The van der Waals surface area contributed by atoms with Crippen LogP contribution < -0.4 is 43.1 Å². The number of ether oxygens (including phenoxy) is 6. The highest BCUT2D eigenvalue weighted by Crippen LogP contribution is 2.39. The lowest BCUT2D eigenvalue weighted by Crippen LogP contribution is -2.18. The largest absolute Gasteiger partial charge is 0.493 e. The van der Waals surface area contributed by atoms with E-state index in [1.165, 1.54) is 44.1 Å². The smallest absolute Gasteiger partial charge is 0.163 e. The van der Waals surface area contributed by atoms with Crippen molar-refractivity contribution in [2.24, 2.45) is 5.92 Å². The number of aromatic nitrogens is 3. The van der Waals surface area contributed by atoms with Crippen LogP contribution in [0.3, 0.4) is 0 Å². The van der Waals surface area contributed by atoms with E-state index in [1.807, 2.05) is 68.8 Å². The molecule has 0 N–H and O–H groups in total. The summed E-state index contributed by atoms with van der Waals surface area (Å²) >= 11 is 24.9. The molecule has 3 saturated carbocycles. The Morgan fingerprint density at radius 1 is 0.472 bits per heavy atom. The molecule has 0 spiro atoms. The molecule has 3 aliphatic carbocycles. The van der Waals surface area contributed by atoms with Gasteiger partial charge in [0.05, 0.1) is 60.2 Å². The van der Waals surface area contributed by atoms with Gasteiger partial charge in [0, 0.05) is 124 Å². The number of hydrogen-bond donors (Lipinski definition) is 0. The summed E-state index contributed by atoms with van der Waals surface area (Å²) in [5.41, 5.74) is 6.03. The molecule has 0 aliphatic heterocycles. The normalized spacial score (nSPS) is 14.3. The maximum Gasteiger partial charge on any atom is 0.163 e. The summed E-state index contributed by atoms with van der Waals surface area (Å²) in [6, 6.07) is 22.0. The first-order valence-electron chi connectivity index (χ1n) is 24.5. The van der Waals surface area contributed by atoms with Gasteiger partial charge in [-0.1, -0.05) is 52.5 Å². The first-order chi connectivity index (χ1) is 34.9. The lowest BCUT2D eigenvalue weighted by atomic mass is 10.2. The SMILES string of the molecule is COc1ccc(N(C)Cc2c(Cl)cncc2Cl)cc1OC1CCCC1.COc1ccc(N(C)Cc2c(Cl)cncc2Cl)cc1OCC1CC1.COc1ccc(N(C)Cc2cccnc2)cc1OC1CCCC1. The number of halogens is 4. The third-order valence-electron chi connectivity index (χ3n) is 13.0. The van der Waals surface area contributed by atoms with E-state index in [9.17, 15) is 0 Å². The van der Waals surface area contributed by atoms with Gasteiger partial charge in [-0.15, -0.1) is 0 Å². The van der Waals surface area contributed by atoms with Gasteiger partial charge >= 0.3 is 0 Å². The molecule has 0 unspecified atom stereocenters. The van der Waals surface area contributed by atoms with E-state index in [0.717, 1.165) is 102 Å². The van der Waals surface area contributed by atoms with Crippen molar-refractivity contribution in [2.75, 3.05) is 63.8 Å². The van der Waals surface area contributed by atoms with Gasteiger partial charge < -0.3 is 43.1 Å². The van der Waals surface area contributed by atoms with Gasteiger partial charge in [-0.25, -0.2) is 0 Å². The molecule has 0 saturated heterocycles. The van der Waals surface area contributed by atoms with Crippen molar-refractivity contribution in [2.45, 2.75) is 96.1 Å². The molecule has 0 radical (unpaired) electrons. The topological polar surface area (TPSA) is 104 Å². The Hall–Kier alpha value is -5.53. The Kier molecular flexibility index (Phi) is 20.3. The molecular formula is C56H66Cl4N6O6. The third-order valence-corrected chi connectivity index (χ3v) is 14.3. The Morgan fingerprint density at radius 2 is 0.875 bits per heavy atom. The van der Waals surface area contributed by atoms with Crippen LogP contribution in [0.5, 0.6) is 34.5 Å². The standard InChI is InChI=1S/C19H22Cl2N2O2.C19H24N2O2.C18H20Cl2N2O2/c1-23(12-15-16(20)10-22-11-17(15)21)13-7-8-18(24-2)19(9-13)25-14-5-3-4-6-14;1-21(14-15-6-5-11-20-13-15)16-9-10-18(22-2)19(12-16)23-17-7-3-4-8-17;1-22(10-14-15(19)8-21-9-16(14)20)13-5-6-17(23-2)18(7-13)24-11-12-3-4-12/h7-11,14H,3-6,12H2,1-2H3;5-6,9-13,17H,3-4,7-8,14H2,1-2H3;5-9,12H,3-4,10-11H2,1-2H3. The van der Waals surface area contributed by atoms with E-state index in [0.29, 0.717) is 45.2 Å². The molecule has 3 fully saturated rings. The summed E-state index contributed by atoms with van der Waals surface area (Å²) in [5, 5.41) is 2.26. The molecule has 3 aliphatic rings. The quantitative estimate of drug-likeness (QED) is 0.0771. The van der Waals surface area contributed by atoms with E-state index in [2.05, 4.69) is 54.9 Å². The fraction of sp³-hybridized carbons (Fsp3) is 0.411. The number of benzene rings is 3. The van der Waals surface area contributed by atoms with Crippen molar-refractivity contribution in [3.63, 3.8) is 0 Å². The predicted molar refractivity (Wildman–Crippen MR) is 292 cm³/mol. The maximum atomic E-state index is 6.24. The number of methoxy groups -OCH3 is 3. The zero-order valence-electron chi connectivity index (χ0n) is 42.1. The van der Waals surface area contributed by atoms with Gasteiger partial charge in [-0.2, -0.15) is 0 Å². The first-order valence-corrected chi connectivity index (χ1v) is 26.0. The van der Waals surface area contributed by atoms with Gasteiger partial charge in [-0.05, 0) is 118 Å². The number of nitrogens with zero attached hydrogens (tertiary/aromatic N) is 6. The number of rotatable bonds is 19. The molecule has 6 aromatic rings. The fourth-order valence-corrected chi connectivity index (χ4v) is 9.53. The number of hydrogen-bond acceptors (Lipinski definition) is 12. The van der Waals surface area contributed by atoms with E-state index in [-0.39, 0.29) is 6.10 Å². The lowest BCUT2D eigenvalue weighted by molar-refractivity contribution is 0.200. The van der Waals surface area contributed by atoms with Crippen LogP contribution in [0, 0.1) is 5.92 Å². The fourth-order valence-electron chi connectivity index (χ4n) is 8.56. The lowest BCUT2D eigenvalue weighted by Gasteiger charge is -2.23. The average molecular weight is 1060 g/mol. The Balaban J connectivity index is 0.000000159. The summed E-state index contributed by atoms with van der Waals surface area (Å²) in [6.45, 7) is 2.71. The van der Waals surface area contributed by atoms with Crippen molar-refractivity contribution in [3.8, 4) is 34.5 Å². The van der Waals surface area contributed by atoms with Gasteiger partial charge in [0.25, 0.3) is 0 Å². The van der Waals surface area contributed by atoms with Gasteiger partial charge in [0.1, 0.15) is 0 Å². The minimum atomic E-state index is 0.276. The first kappa shape index (κ1) is 54.2. The van der Waals surface area contributed by atoms with Crippen molar-refractivity contribution in [1.29, 1.82) is 0 Å². The summed E-state index contributed by atoms with van der Waals surface area (Å²) in [6.07, 6.45) is 22.7. The molecule has 3 aromatic carbocycles. The summed E-state index contributed by atoms with van der Waals surface area (Å²) < 4.78 is 34.6. The van der Waals surface area contributed by atoms with Crippen LogP contribution in [0.4, 0.5) is 17.1 Å². The number of pyridine rings is 3. The van der Waals surface area contributed by atoms with Crippen LogP contribution in [0.2, 0.25) is 20.1 Å². The van der Waals surface area contributed by atoms with Crippen LogP contribution >= 0.6 is 46.4 Å². The zero-order valence-corrected chi connectivity index (χ0v) is 45.1. The zero-order chi connectivity index (χ0) is 51.0. The van der Waals surface area contributed by atoms with Gasteiger partial charge in [-0.3, -0.25) is 15.0 Å². The van der Waals surface area contributed by atoms with Crippen LogP contribution in [0.15, 0.2) is 104 Å². The summed E-state index contributed by atoms with van der Waals surface area (Å²) in [7, 11) is 11.1. The second kappa shape index (κ2) is 27.0. The highest BCUT2D eigenvalue weighted by Gasteiger charge is 2.24. The van der Waals surface area contributed by atoms with E-state index < -0.39 is 0 Å². The van der Waals surface area contributed by atoms with E-state index in [1.54, 1.807) is 52.3 Å². The Bertz CT molecular complexity index is 2610.